The molecule has 23 heavy (non-hydrogen) atoms. The first-order chi connectivity index (χ1) is 11.0. The zero-order chi connectivity index (χ0) is 17.5. The average molecular weight is 362 g/mol. The fourth-order valence-corrected chi connectivity index (χ4v) is 3.47. The highest BCUT2D eigenvalue weighted by Crippen LogP contribution is 2.16. The summed E-state index contributed by atoms with van der Waals surface area (Å²) < 4.78 is 0.685. The van der Waals surface area contributed by atoms with Crippen LogP contribution in [0, 0.1) is 11.8 Å². The normalized spacial score (nSPS) is 11.0. The van der Waals surface area contributed by atoms with E-state index in [0.29, 0.717) is 17.3 Å². The zero-order valence-electron chi connectivity index (χ0n) is 15.4. The highest BCUT2D eigenvalue weighted by atomic mass is 32.2. The number of thioether (sulfide) groups is 1. The zero-order valence-corrected chi connectivity index (χ0v) is 17.0. The monoisotopic (exact) mass is 361 g/mol. The summed E-state index contributed by atoms with van der Waals surface area (Å²) in [6.45, 7) is 10.2. The molecule has 136 valence electrons. The molecule has 0 aromatic heterocycles. The van der Waals surface area contributed by atoms with Gasteiger partial charge in [0, 0.05) is 5.75 Å². The van der Waals surface area contributed by atoms with Gasteiger partial charge in [0.05, 0.1) is 6.54 Å². The van der Waals surface area contributed by atoms with Crippen molar-refractivity contribution in [2.45, 2.75) is 79.1 Å². The lowest BCUT2D eigenvalue weighted by Crippen LogP contribution is -2.28. The number of unbranched alkanes of at least 4 members (excludes halogenated alkanes) is 4. The van der Waals surface area contributed by atoms with Crippen LogP contribution in [0.4, 0.5) is 0 Å². The second kappa shape index (κ2) is 15.3. The minimum absolute atomic E-state index is 0.476. The first-order valence-corrected chi connectivity index (χ1v) is 10.4. The number of nitrogens with zero attached hydrogens (tertiary/aromatic N) is 1. The van der Waals surface area contributed by atoms with Crippen molar-refractivity contribution in [3.05, 3.63) is 0 Å². The van der Waals surface area contributed by atoms with Crippen LogP contribution in [-0.4, -0.2) is 28.2 Å². The summed E-state index contributed by atoms with van der Waals surface area (Å²) in [5.41, 5.74) is 0. The molecule has 0 aromatic rings. The lowest BCUT2D eigenvalue weighted by atomic mass is 10.1. The number of hydroxylamine groups is 2. The van der Waals surface area contributed by atoms with E-state index in [1.807, 2.05) is 0 Å². The van der Waals surface area contributed by atoms with Gasteiger partial charge in [0.2, 0.25) is 0 Å². The average Bonchev–Trinajstić information content (AvgIpc) is 2.48. The van der Waals surface area contributed by atoms with Crippen molar-refractivity contribution in [1.82, 2.24) is 5.06 Å². The van der Waals surface area contributed by atoms with Gasteiger partial charge in [0.15, 0.2) is 4.32 Å². The van der Waals surface area contributed by atoms with E-state index in [4.69, 9.17) is 17.1 Å². The number of hydrogen-bond donors (Lipinski definition) is 0. The predicted octanol–water partition coefficient (Wildman–Crippen LogP) is 5.83. The molecule has 0 bridgehead atoms. The van der Waals surface area contributed by atoms with E-state index in [2.05, 4.69) is 27.7 Å². The van der Waals surface area contributed by atoms with Gasteiger partial charge < -0.3 is 4.84 Å². The third-order valence-electron chi connectivity index (χ3n) is 3.67. The third-order valence-corrected chi connectivity index (χ3v) is 5.17. The van der Waals surface area contributed by atoms with Gasteiger partial charge in [-0.1, -0.05) is 78.0 Å². The summed E-state index contributed by atoms with van der Waals surface area (Å²) >= 11 is 7.01. The minimum atomic E-state index is 0.476. The molecule has 0 spiro atoms. The molecule has 0 atom stereocenters. The van der Waals surface area contributed by atoms with Gasteiger partial charge in [-0.25, -0.2) is 0 Å². The maximum absolute atomic E-state index is 10.6. The van der Waals surface area contributed by atoms with Crippen molar-refractivity contribution in [2.75, 3.05) is 12.3 Å². The van der Waals surface area contributed by atoms with Crippen LogP contribution >= 0.6 is 24.0 Å². The van der Waals surface area contributed by atoms with E-state index >= 15 is 0 Å². The smallest absolute Gasteiger partial charge is 0.320 e. The molecular weight excluding hydrogens is 326 g/mol. The molecule has 3 nitrogen and oxygen atoms in total. The molecule has 0 heterocycles. The summed E-state index contributed by atoms with van der Waals surface area (Å²) in [5, 5.41) is 1.58. The number of thiocarbonyl (C=S) groups is 1. The second-order valence-corrected chi connectivity index (χ2v) is 8.63. The van der Waals surface area contributed by atoms with Gasteiger partial charge >= 0.3 is 6.47 Å². The Morgan fingerprint density at radius 1 is 1.00 bits per heavy atom. The van der Waals surface area contributed by atoms with Gasteiger partial charge in [-0.3, -0.25) is 4.79 Å². The molecule has 0 aliphatic carbocycles. The molecule has 0 radical (unpaired) electrons. The Morgan fingerprint density at radius 3 is 2.09 bits per heavy atom. The van der Waals surface area contributed by atoms with Crippen LogP contribution < -0.4 is 0 Å². The Bertz CT molecular complexity index is 309. The molecular formula is C18H35NO2S2. The van der Waals surface area contributed by atoms with Gasteiger partial charge in [-0.2, -0.15) is 5.06 Å². The number of carbonyl (C=O) groups is 1. The number of hydrogen-bond acceptors (Lipinski definition) is 4. The highest BCUT2D eigenvalue weighted by molar-refractivity contribution is 8.22. The van der Waals surface area contributed by atoms with Crippen molar-refractivity contribution in [3.8, 4) is 0 Å². The van der Waals surface area contributed by atoms with Crippen molar-refractivity contribution in [1.29, 1.82) is 0 Å². The first kappa shape index (κ1) is 22.7. The van der Waals surface area contributed by atoms with Crippen LogP contribution in [0.1, 0.15) is 79.1 Å². The van der Waals surface area contributed by atoms with E-state index in [9.17, 15) is 4.79 Å². The van der Waals surface area contributed by atoms with E-state index in [1.54, 1.807) is 16.8 Å². The van der Waals surface area contributed by atoms with Crippen LogP contribution in [-0.2, 0) is 9.63 Å². The molecule has 0 saturated carbocycles. The molecule has 0 aliphatic rings. The SMILES string of the molecule is CC(C)CCCCCSC(=S)N(CCCCCC(C)C)OC=O. The fourth-order valence-electron chi connectivity index (χ4n) is 2.29. The van der Waals surface area contributed by atoms with E-state index < -0.39 is 0 Å². The first-order valence-electron chi connectivity index (χ1n) is 9.02. The van der Waals surface area contributed by atoms with E-state index in [1.165, 1.54) is 38.5 Å². The van der Waals surface area contributed by atoms with Crippen LogP contribution in [0.3, 0.4) is 0 Å². The van der Waals surface area contributed by atoms with E-state index in [-0.39, 0.29) is 0 Å². The molecule has 5 heteroatoms. The summed E-state index contributed by atoms with van der Waals surface area (Å²) in [6.07, 6.45) is 9.64. The quantitative estimate of drug-likeness (QED) is 0.168. The molecule has 0 aliphatic heterocycles. The van der Waals surface area contributed by atoms with Crippen LogP contribution in [0.25, 0.3) is 0 Å². The maximum atomic E-state index is 10.6. The van der Waals surface area contributed by atoms with Crippen LogP contribution in [0.2, 0.25) is 0 Å². The van der Waals surface area contributed by atoms with Gasteiger partial charge in [-0.05, 0) is 36.9 Å². The summed E-state index contributed by atoms with van der Waals surface area (Å²) in [4.78, 5) is 15.7. The molecule has 0 unspecified atom stereocenters. The third kappa shape index (κ3) is 15.0. The molecule has 0 saturated heterocycles. The Hall–Kier alpha value is -0.290. The van der Waals surface area contributed by atoms with Crippen molar-refractivity contribution >= 4 is 34.8 Å². The predicted molar refractivity (Wildman–Crippen MR) is 106 cm³/mol. The van der Waals surface area contributed by atoms with Crippen LogP contribution in [0.5, 0.6) is 0 Å². The van der Waals surface area contributed by atoms with Crippen molar-refractivity contribution in [2.24, 2.45) is 11.8 Å². The van der Waals surface area contributed by atoms with Gasteiger partial charge in [0.1, 0.15) is 0 Å². The fraction of sp³-hybridized carbons (Fsp3) is 0.889. The Balaban J connectivity index is 3.80. The minimum Gasteiger partial charge on any atom is -0.343 e. The molecule has 0 amide bonds. The molecule has 0 N–H and O–H groups in total. The summed E-state index contributed by atoms with van der Waals surface area (Å²) in [7, 11) is 0. The molecule has 0 fully saturated rings. The molecule has 0 aromatic carbocycles. The second-order valence-electron chi connectivity index (χ2n) is 6.90. The van der Waals surface area contributed by atoms with Crippen LogP contribution in [0.15, 0.2) is 0 Å². The van der Waals surface area contributed by atoms with Crippen molar-refractivity contribution < 1.29 is 9.63 Å². The standard InChI is InChI=1S/C18H35NO2S2/c1-16(2)11-7-5-9-13-19(21-15-20)18(22)23-14-10-6-8-12-17(3)4/h15-17H,5-14H2,1-4H3. The van der Waals surface area contributed by atoms with Gasteiger partial charge in [-0.15, -0.1) is 0 Å². The van der Waals surface area contributed by atoms with Gasteiger partial charge in [0.25, 0.3) is 0 Å². The Labute approximate surface area is 152 Å². The number of carbonyl (C=O) groups excluding carboxylic acids is 1. The van der Waals surface area contributed by atoms with Crippen molar-refractivity contribution in [3.63, 3.8) is 0 Å². The van der Waals surface area contributed by atoms with E-state index in [0.717, 1.165) is 30.4 Å². The topological polar surface area (TPSA) is 29.5 Å². The summed E-state index contributed by atoms with van der Waals surface area (Å²) in [5.74, 6) is 2.55. The Kier molecular flexibility index (Phi) is 15.1. The Morgan fingerprint density at radius 2 is 1.57 bits per heavy atom. The number of rotatable bonds is 14. The largest absolute Gasteiger partial charge is 0.343 e. The summed E-state index contributed by atoms with van der Waals surface area (Å²) in [6, 6.07) is 0. The highest BCUT2D eigenvalue weighted by Gasteiger charge is 2.11. The molecule has 0 rings (SSSR count). The lowest BCUT2D eigenvalue weighted by Gasteiger charge is -2.21. The maximum Gasteiger partial charge on any atom is 0.320 e. The lowest BCUT2D eigenvalue weighted by molar-refractivity contribution is -0.154.